The number of benzene rings is 2. The summed E-state index contributed by atoms with van der Waals surface area (Å²) in [5.41, 5.74) is 0.925. The third-order valence-corrected chi connectivity index (χ3v) is 8.44. The van der Waals surface area contributed by atoms with E-state index in [0.29, 0.717) is 25.0 Å². The van der Waals surface area contributed by atoms with E-state index in [2.05, 4.69) is 15.8 Å². The highest BCUT2D eigenvalue weighted by Crippen LogP contribution is 2.26. The van der Waals surface area contributed by atoms with Gasteiger partial charge in [0, 0.05) is 37.2 Å². The van der Waals surface area contributed by atoms with Gasteiger partial charge in [-0.3, -0.25) is 19.2 Å². The Hall–Kier alpha value is -4.34. The van der Waals surface area contributed by atoms with Crippen LogP contribution in [-0.4, -0.2) is 53.7 Å². The zero-order chi connectivity index (χ0) is 32.5. The molecule has 0 spiro atoms. The number of carbonyl (C=O) groups is 5. The number of aromatic nitrogens is 1. The summed E-state index contributed by atoms with van der Waals surface area (Å²) in [5, 5.41) is 11.4. The number of aryl methyl sites for hydroxylation is 1. The van der Waals surface area contributed by atoms with Crippen LogP contribution in [0.4, 0.5) is 0 Å². The zero-order valence-corrected chi connectivity index (χ0v) is 26.5. The van der Waals surface area contributed by atoms with Crippen molar-refractivity contribution in [1.29, 1.82) is 0 Å². The molecule has 240 valence electrons. The fraction of sp³-hybridized carbons (Fsp3) is 0.486. The van der Waals surface area contributed by atoms with Gasteiger partial charge in [-0.1, -0.05) is 67.9 Å². The molecule has 2 aromatic carbocycles. The molecule has 1 aliphatic carbocycles. The molecule has 4 atom stereocenters. The Balaban J connectivity index is 1.56. The van der Waals surface area contributed by atoms with Crippen LogP contribution in [0.15, 0.2) is 53.1 Å². The highest BCUT2D eigenvalue weighted by Gasteiger charge is 2.34. The zero-order valence-electron chi connectivity index (χ0n) is 26.5. The standard InChI is InChI=1S/C35H43N3O7/c1-21(2)16-26(33(41)37-30(35(43)44-4)19-25-11-6-8-15-31(25)39)20-32(40)28(36-34(42)29-17-22(3)45-38-29)18-24-13-9-12-23-10-5-7-14-27(23)24/h5,7,9-10,12-14,17,21,25-26,28,30H,6,8,11,15-16,18-20H2,1-4H3,(H,36,42)(H,37,41)/t25-,26+,28-,30-/m0/s1. The third kappa shape index (κ3) is 9.09. The summed E-state index contributed by atoms with van der Waals surface area (Å²) in [6.45, 7) is 5.57. The van der Waals surface area contributed by atoms with Gasteiger partial charge in [-0.25, -0.2) is 4.79 Å². The average Bonchev–Trinajstić information content (AvgIpc) is 3.46. The molecule has 3 aromatic rings. The summed E-state index contributed by atoms with van der Waals surface area (Å²) in [5.74, 6) is -2.45. The molecule has 0 aliphatic heterocycles. The van der Waals surface area contributed by atoms with Crippen molar-refractivity contribution in [2.75, 3.05) is 7.11 Å². The smallest absolute Gasteiger partial charge is 0.328 e. The maximum Gasteiger partial charge on any atom is 0.328 e. The van der Waals surface area contributed by atoms with Crippen molar-refractivity contribution in [2.45, 2.75) is 84.2 Å². The molecule has 1 aliphatic rings. The fourth-order valence-corrected chi connectivity index (χ4v) is 6.11. The predicted molar refractivity (Wildman–Crippen MR) is 168 cm³/mol. The molecule has 0 radical (unpaired) electrons. The van der Waals surface area contributed by atoms with Gasteiger partial charge in [0.15, 0.2) is 11.5 Å². The van der Waals surface area contributed by atoms with E-state index in [1.807, 2.05) is 56.3 Å². The second-order valence-corrected chi connectivity index (χ2v) is 12.4. The number of ketones is 2. The molecule has 0 bridgehead atoms. The Morgan fingerprint density at radius 1 is 1.02 bits per heavy atom. The number of carbonyl (C=O) groups excluding carboxylic acids is 5. The number of methoxy groups -OCH3 is 1. The fourth-order valence-electron chi connectivity index (χ4n) is 6.11. The minimum absolute atomic E-state index is 0.0536. The average molecular weight is 618 g/mol. The van der Waals surface area contributed by atoms with Crippen LogP contribution in [0.1, 0.15) is 80.6 Å². The molecule has 0 unspecified atom stereocenters. The lowest BCUT2D eigenvalue weighted by atomic mass is 9.83. The molecular formula is C35H43N3O7. The highest BCUT2D eigenvalue weighted by atomic mass is 16.5. The van der Waals surface area contributed by atoms with Crippen molar-refractivity contribution in [1.82, 2.24) is 15.8 Å². The number of hydrogen-bond acceptors (Lipinski definition) is 8. The molecule has 10 heteroatoms. The number of Topliss-reactive ketones (excluding diaryl/α,β-unsaturated/α-hetero) is 2. The lowest BCUT2D eigenvalue weighted by Gasteiger charge is -2.27. The molecule has 1 heterocycles. The highest BCUT2D eigenvalue weighted by molar-refractivity contribution is 5.98. The Labute approximate surface area is 263 Å². The maximum absolute atomic E-state index is 14.0. The van der Waals surface area contributed by atoms with Crippen molar-refractivity contribution >= 4 is 40.1 Å². The normalized spacial score (nSPS) is 17.0. The van der Waals surface area contributed by atoms with Crippen LogP contribution in [0.2, 0.25) is 0 Å². The molecule has 1 fully saturated rings. The van der Waals surface area contributed by atoms with Gasteiger partial charge in [0.25, 0.3) is 5.91 Å². The van der Waals surface area contributed by atoms with Gasteiger partial charge in [0.05, 0.1) is 13.2 Å². The lowest BCUT2D eigenvalue weighted by Crippen LogP contribution is -2.48. The number of nitrogens with zero attached hydrogens (tertiary/aromatic N) is 1. The summed E-state index contributed by atoms with van der Waals surface area (Å²) in [7, 11) is 1.25. The molecule has 1 saturated carbocycles. The van der Waals surface area contributed by atoms with Gasteiger partial charge < -0.3 is 19.9 Å². The van der Waals surface area contributed by atoms with Crippen molar-refractivity contribution in [3.05, 3.63) is 65.5 Å². The molecule has 4 rings (SSSR count). The SMILES string of the molecule is COC(=O)[C@H](C[C@@H]1CCCCC1=O)NC(=O)[C@@H](CC(=O)[C@H](Cc1cccc2ccccc12)NC(=O)c1cc(C)on1)CC(C)C. The van der Waals surface area contributed by atoms with Crippen LogP contribution in [0, 0.1) is 24.7 Å². The number of hydrogen-bond donors (Lipinski definition) is 2. The van der Waals surface area contributed by atoms with Crippen molar-refractivity contribution in [3.63, 3.8) is 0 Å². The van der Waals surface area contributed by atoms with E-state index in [-0.39, 0.29) is 48.4 Å². The molecular weight excluding hydrogens is 574 g/mol. The van der Waals surface area contributed by atoms with Crippen LogP contribution >= 0.6 is 0 Å². The molecule has 45 heavy (non-hydrogen) atoms. The summed E-state index contributed by atoms with van der Waals surface area (Å²) < 4.78 is 10.0. The summed E-state index contributed by atoms with van der Waals surface area (Å²) in [4.78, 5) is 66.1. The number of rotatable bonds is 14. The first-order valence-electron chi connectivity index (χ1n) is 15.7. The van der Waals surface area contributed by atoms with Gasteiger partial charge in [0.1, 0.15) is 17.6 Å². The first-order valence-corrected chi connectivity index (χ1v) is 15.7. The van der Waals surface area contributed by atoms with E-state index in [4.69, 9.17) is 9.26 Å². The quantitative estimate of drug-likeness (QED) is 0.243. The minimum atomic E-state index is -0.999. The van der Waals surface area contributed by atoms with Crippen LogP contribution < -0.4 is 10.6 Å². The van der Waals surface area contributed by atoms with E-state index < -0.39 is 35.8 Å². The van der Waals surface area contributed by atoms with Crippen LogP contribution in [-0.2, 0) is 30.3 Å². The molecule has 2 N–H and O–H groups in total. The minimum Gasteiger partial charge on any atom is -0.467 e. The molecule has 2 amide bonds. The predicted octanol–water partition coefficient (Wildman–Crippen LogP) is 4.91. The van der Waals surface area contributed by atoms with Gasteiger partial charge in [-0.15, -0.1) is 0 Å². The first-order chi connectivity index (χ1) is 21.5. The number of nitrogens with one attached hydrogen (secondary N) is 2. The van der Waals surface area contributed by atoms with Crippen LogP contribution in [0.5, 0.6) is 0 Å². The molecule has 0 saturated heterocycles. The summed E-state index contributed by atoms with van der Waals surface area (Å²) in [6.07, 6.45) is 3.44. The second-order valence-electron chi connectivity index (χ2n) is 12.4. The van der Waals surface area contributed by atoms with E-state index >= 15 is 0 Å². The number of amides is 2. The van der Waals surface area contributed by atoms with E-state index in [1.165, 1.54) is 13.2 Å². The third-order valence-electron chi connectivity index (χ3n) is 8.44. The van der Waals surface area contributed by atoms with Crippen LogP contribution in [0.25, 0.3) is 10.8 Å². The molecule has 10 nitrogen and oxygen atoms in total. The van der Waals surface area contributed by atoms with Crippen molar-refractivity contribution in [2.24, 2.45) is 17.8 Å². The topological polar surface area (TPSA) is 145 Å². The van der Waals surface area contributed by atoms with E-state index in [9.17, 15) is 24.0 Å². The first kappa shape index (κ1) is 33.6. The van der Waals surface area contributed by atoms with Gasteiger partial charge >= 0.3 is 5.97 Å². The summed E-state index contributed by atoms with van der Waals surface area (Å²) in [6, 6.07) is 13.1. The number of ether oxygens (including phenoxy) is 1. The number of fused-ring (bicyclic) bond motifs is 1. The van der Waals surface area contributed by atoms with E-state index in [0.717, 1.165) is 29.2 Å². The van der Waals surface area contributed by atoms with Gasteiger partial charge in [-0.05, 0) is 54.9 Å². The van der Waals surface area contributed by atoms with Gasteiger partial charge in [0.2, 0.25) is 5.91 Å². The Morgan fingerprint density at radius 3 is 2.47 bits per heavy atom. The Bertz CT molecular complexity index is 1520. The Morgan fingerprint density at radius 2 is 1.78 bits per heavy atom. The van der Waals surface area contributed by atoms with Crippen LogP contribution in [0.3, 0.4) is 0 Å². The lowest BCUT2D eigenvalue weighted by molar-refractivity contribution is -0.146. The van der Waals surface area contributed by atoms with Gasteiger partial charge in [-0.2, -0.15) is 0 Å². The molecule has 1 aromatic heterocycles. The second kappa shape index (κ2) is 15.6. The monoisotopic (exact) mass is 617 g/mol. The number of esters is 1. The maximum atomic E-state index is 14.0. The van der Waals surface area contributed by atoms with Crippen molar-refractivity contribution < 1.29 is 33.2 Å². The largest absolute Gasteiger partial charge is 0.467 e. The Kier molecular flexibility index (Phi) is 11.6. The summed E-state index contributed by atoms with van der Waals surface area (Å²) >= 11 is 0. The van der Waals surface area contributed by atoms with Crippen molar-refractivity contribution in [3.8, 4) is 0 Å². The van der Waals surface area contributed by atoms with E-state index in [1.54, 1.807) is 6.92 Å².